The van der Waals surface area contributed by atoms with Gasteiger partial charge in [-0.05, 0) is 37.6 Å². The molecule has 0 aliphatic carbocycles. The Balaban J connectivity index is 0.000000671. The summed E-state index contributed by atoms with van der Waals surface area (Å²) in [4.78, 5) is 1.05. The summed E-state index contributed by atoms with van der Waals surface area (Å²) < 4.78 is 0. The Kier molecular flexibility index (Phi) is 7.85. The highest BCUT2D eigenvalue weighted by atomic mass is 32.1. The molecule has 0 atom stereocenters. The number of benzene rings is 1. The van der Waals surface area contributed by atoms with Gasteiger partial charge in [0.1, 0.15) is 0 Å². The highest BCUT2D eigenvalue weighted by molar-refractivity contribution is 7.80. The lowest BCUT2D eigenvalue weighted by molar-refractivity contribution is 0.794. The van der Waals surface area contributed by atoms with E-state index in [1.165, 1.54) is 31.9 Å². The first-order chi connectivity index (χ1) is 6.33. The number of nitrogens with two attached hydrogens (primary N) is 1. The maximum Gasteiger partial charge on any atom is 0.00401 e. The molecule has 2 heteroatoms. The molecule has 0 amide bonds. The number of hydrogen-bond acceptors (Lipinski definition) is 2. The molecule has 0 spiro atoms. The fourth-order valence-electron chi connectivity index (χ4n) is 1.04. The van der Waals surface area contributed by atoms with Crippen LogP contribution in [0, 0.1) is 0 Å². The largest absolute Gasteiger partial charge is 0.333 e. The van der Waals surface area contributed by atoms with Crippen molar-refractivity contribution in [2.24, 2.45) is 5.73 Å². The van der Waals surface area contributed by atoms with Gasteiger partial charge in [-0.25, -0.2) is 0 Å². The second-order valence-electron chi connectivity index (χ2n) is 2.77. The van der Waals surface area contributed by atoms with Gasteiger partial charge in [-0.3, -0.25) is 0 Å². The molecule has 0 aliphatic heterocycles. The monoisotopic (exact) mass is 197 g/mol. The van der Waals surface area contributed by atoms with Crippen LogP contribution in [0.1, 0.15) is 25.3 Å². The minimum Gasteiger partial charge on any atom is -0.333 e. The van der Waals surface area contributed by atoms with Crippen molar-refractivity contribution in [2.75, 3.05) is 7.05 Å². The third-order valence-corrected chi connectivity index (χ3v) is 2.05. The van der Waals surface area contributed by atoms with E-state index < -0.39 is 0 Å². The fourth-order valence-corrected chi connectivity index (χ4v) is 1.19. The van der Waals surface area contributed by atoms with E-state index in [4.69, 9.17) is 0 Å². The highest BCUT2D eigenvalue weighted by Crippen LogP contribution is 2.09. The predicted molar refractivity (Wildman–Crippen MR) is 62.4 cm³/mol. The van der Waals surface area contributed by atoms with Crippen LogP contribution in [0.3, 0.4) is 0 Å². The third-order valence-electron chi connectivity index (χ3n) is 1.76. The summed E-state index contributed by atoms with van der Waals surface area (Å²) in [6.45, 7) is 2.22. The van der Waals surface area contributed by atoms with Gasteiger partial charge in [-0.1, -0.05) is 25.5 Å². The van der Waals surface area contributed by atoms with Crippen LogP contribution in [0.2, 0.25) is 0 Å². The molecule has 0 saturated heterocycles. The van der Waals surface area contributed by atoms with Gasteiger partial charge in [-0.2, -0.15) is 0 Å². The summed E-state index contributed by atoms with van der Waals surface area (Å²) in [5.74, 6) is 0. The van der Waals surface area contributed by atoms with Gasteiger partial charge >= 0.3 is 0 Å². The van der Waals surface area contributed by atoms with E-state index in [2.05, 4.69) is 37.4 Å². The van der Waals surface area contributed by atoms with Gasteiger partial charge < -0.3 is 5.73 Å². The van der Waals surface area contributed by atoms with Crippen LogP contribution in [-0.4, -0.2) is 7.05 Å². The van der Waals surface area contributed by atoms with Gasteiger partial charge in [0.05, 0.1) is 0 Å². The molecule has 13 heavy (non-hydrogen) atoms. The summed E-state index contributed by atoms with van der Waals surface area (Å²) in [5, 5.41) is 0. The number of rotatable bonds is 3. The quantitative estimate of drug-likeness (QED) is 0.716. The summed E-state index contributed by atoms with van der Waals surface area (Å²) in [6, 6.07) is 8.40. The number of unbranched alkanes of at least 4 members (excludes halogenated alkanes) is 1. The summed E-state index contributed by atoms with van der Waals surface area (Å²) >= 11 is 4.22. The van der Waals surface area contributed by atoms with Gasteiger partial charge in [0.2, 0.25) is 0 Å². The van der Waals surface area contributed by atoms with Crippen molar-refractivity contribution < 1.29 is 0 Å². The molecule has 1 rings (SSSR count). The molecule has 0 radical (unpaired) electrons. The number of hydrogen-bond donors (Lipinski definition) is 2. The van der Waals surface area contributed by atoms with Crippen molar-refractivity contribution in [1.82, 2.24) is 0 Å². The van der Waals surface area contributed by atoms with Crippen molar-refractivity contribution in [3.8, 4) is 0 Å². The highest BCUT2D eigenvalue weighted by Gasteiger charge is 1.90. The van der Waals surface area contributed by atoms with Crippen LogP contribution < -0.4 is 5.73 Å². The average Bonchev–Trinajstić information content (AvgIpc) is 2.20. The SMILES string of the molecule is CCCCc1ccc(S)cc1.CN. The molecule has 1 aromatic carbocycles. The molecular formula is C11H19NS. The normalized spacial score (nSPS) is 8.92. The van der Waals surface area contributed by atoms with Crippen LogP contribution >= 0.6 is 12.6 Å². The van der Waals surface area contributed by atoms with E-state index in [0.29, 0.717) is 0 Å². The van der Waals surface area contributed by atoms with Crippen LogP contribution in [0.5, 0.6) is 0 Å². The second-order valence-corrected chi connectivity index (χ2v) is 3.29. The molecule has 0 saturated carbocycles. The summed E-state index contributed by atoms with van der Waals surface area (Å²) in [6.07, 6.45) is 3.75. The molecule has 1 nitrogen and oxygen atoms in total. The smallest absolute Gasteiger partial charge is 0.00401 e. The van der Waals surface area contributed by atoms with Gasteiger partial charge in [0, 0.05) is 4.90 Å². The average molecular weight is 197 g/mol. The zero-order valence-electron chi connectivity index (χ0n) is 8.46. The molecule has 2 N–H and O–H groups in total. The maximum absolute atomic E-state index is 4.50. The zero-order valence-corrected chi connectivity index (χ0v) is 9.35. The summed E-state index contributed by atoms with van der Waals surface area (Å²) in [5.41, 5.74) is 5.92. The van der Waals surface area contributed by atoms with Gasteiger partial charge in [0.25, 0.3) is 0 Å². The van der Waals surface area contributed by atoms with Crippen molar-refractivity contribution in [3.05, 3.63) is 29.8 Å². The molecule has 0 fully saturated rings. The zero-order chi connectivity index (χ0) is 10.1. The third kappa shape index (κ3) is 5.72. The molecule has 74 valence electrons. The first-order valence-electron chi connectivity index (χ1n) is 4.68. The minimum absolute atomic E-state index is 1.05. The standard InChI is InChI=1S/C10H14S.CH5N/c1-2-3-4-9-5-7-10(11)8-6-9;1-2/h5-8,11H,2-4H2,1H3;2H2,1H3. The lowest BCUT2D eigenvalue weighted by Crippen LogP contribution is -1.82. The topological polar surface area (TPSA) is 26.0 Å². The Morgan fingerprint density at radius 1 is 1.15 bits per heavy atom. The van der Waals surface area contributed by atoms with Crippen LogP contribution in [0.4, 0.5) is 0 Å². The summed E-state index contributed by atoms with van der Waals surface area (Å²) in [7, 11) is 1.50. The van der Waals surface area contributed by atoms with Crippen LogP contribution in [0.25, 0.3) is 0 Å². The Bertz CT molecular complexity index is 206. The maximum atomic E-state index is 4.50. The van der Waals surface area contributed by atoms with Crippen molar-refractivity contribution in [1.29, 1.82) is 0 Å². The predicted octanol–water partition coefficient (Wildman–Crippen LogP) is 2.89. The van der Waals surface area contributed by atoms with E-state index in [-0.39, 0.29) is 0 Å². The molecule has 0 aliphatic rings. The van der Waals surface area contributed by atoms with Crippen LogP contribution in [-0.2, 0) is 6.42 Å². The first kappa shape index (κ1) is 12.5. The van der Waals surface area contributed by atoms with E-state index >= 15 is 0 Å². The Morgan fingerprint density at radius 2 is 1.69 bits per heavy atom. The minimum atomic E-state index is 1.05. The first-order valence-corrected chi connectivity index (χ1v) is 5.13. The molecule has 0 unspecified atom stereocenters. The van der Waals surface area contributed by atoms with E-state index in [1.54, 1.807) is 0 Å². The lowest BCUT2D eigenvalue weighted by Gasteiger charge is -1.98. The van der Waals surface area contributed by atoms with Gasteiger partial charge in [-0.15, -0.1) is 12.6 Å². The molecule has 0 aromatic heterocycles. The lowest BCUT2D eigenvalue weighted by atomic mass is 10.1. The van der Waals surface area contributed by atoms with Gasteiger partial charge in [0.15, 0.2) is 0 Å². The Labute approximate surface area is 86.8 Å². The van der Waals surface area contributed by atoms with Crippen LogP contribution in [0.15, 0.2) is 29.2 Å². The van der Waals surface area contributed by atoms with Crippen molar-refractivity contribution in [2.45, 2.75) is 31.1 Å². The molecule has 0 bridgehead atoms. The van der Waals surface area contributed by atoms with E-state index in [0.717, 1.165) is 4.90 Å². The molecular weight excluding hydrogens is 178 g/mol. The number of thiol groups is 1. The molecule has 1 aromatic rings. The molecule has 0 heterocycles. The second kappa shape index (κ2) is 8.14. The van der Waals surface area contributed by atoms with E-state index in [9.17, 15) is 0 Å². The van der Waals surface area contributed by atoms with E-state index in [1.807, 2.05) is 12.1 Å². The van der Waals surface area contributed by atoms with Crippen molar-refractivity contribution in [3.63, 3.8) is 0 Å². The fraction of sp³-hybridized carbons (Fsp3) is 0.455. The van der Waals surface area contributed by atoms with Crippen molar-refractivity contribution >= 4 is 12.6 Å². The Hall–Kier alpha value is -0.470. The number of aryl methyl sites for hydroxylation is 1. The Morgan fingerprint density at radius 3 is 2.15 bits per heavy atom.